The number of nitrogens with zero attached hydrogens (tertiary/aromatic N) is 3. The number of rotatable bonds is 5. The van der Waals surface area contributed by atoms with E-state index in [1.54, 1.807) is 11.8 Å². The molecule has 96 valence electrons. The van der Waals surface area contributed by atoms with E-state index in [0.29, 0.717) is 5.92 Å². The molecule has 0 saturated heterocycles. The Morgan fingerprint density at radius 1 is 1.28 bits per heavy atom. The van der Waals surface area contributed by atoms with Crippen LogP contribution in [0.25, 0.3) is 0 Å². The highest BCUT2D eigenvalue weighted by molar-refractivity contribution is 7.98. The van der Waals surface area contributed by atoms with E-state index < -0.39 is 0 Å². The van der Waals surface area contributed by atoms with Crippen LogP contribution in [0.15, 0.2) is 35.4 Å². The molecule has 0 aliphatic rings. The standard InChI is InChI=1S/C14H19N3S/c1-4-17-10-13(15-16-17)9-11(2)12-5-7-14(18-3)8-6-12/h5-8,10-11H,4,9H2,1-3H3. The maximum Gasteiger partial charge on any atom is 0.0833 e. The van der Waals surface area contributed by atoms with E-state index in [1.165, 1.54) is 10.5 Å². The van der Waals surface area contributed by atoms with Gasteiger partial charge < -0.3 is 0 Å². The number of aryl methyl sites for hydroxylation is 1. The molecule has 3 nitrogen and oxygen atoms in total. The fourth-order valence-corrected chi connectivity index (χ4v) is 2.36. The lowest BCUT2D eigenvalue weighted by Crippen LogP contribution is -1.98. The molecule has 18 heavy (non-hydrogen) atoms. The van der Waals surface area contributed by atoms with Crippen LogP contribution in [0.4, 0.5) is 0 Å². The molecular weight excluding hydrogens is 242 g/mol. The molecule has 4 heteroatoms. The molecule has 1 heterocycles. The molecule has 0 bridgehead atoms. The van der Waals surface area contributed by atoms with Gasteiger partial charge in [0.1, 0.15) is 0 Å². The lowest BCUT2D eigenvalue weighted by Gasteiger charge is -2.10. The Bertz CT molecular complexity index is 490. The van der Waals surface area contributed by atoms with Gasteiger partial charge in [0.15, 0.2) is 0 Å². The maximum absolute atomic E-state index is 4.20. The minimum absolute atomic E-state index is 0.475. The highest BCUT2D eigenvalue weighted by atomic mass is 32.2. The second-order valence-corrected chi connectivity index (χ2v) is 5.32. The van der Waals surface area contributed by atoms with Crippen molar-refractivity contribution >= 4 is 11.8 Å². The average molecular weight is 261 g/mol. The number of thioether (sulfide) groups is 1. The summed E-state index contributed by atoms with van der Waals surface area (Å²) in [4.78, 5) is 1.31. The van der Waals surface area contributed by atoms with E-state index in [-0.39, 0.29) is 0 Å². The van der Waals surface area contributed by atoms with E-state index in [4.69, 9.17) is 0 Å². The molecule has 0 N–H and O–H groups in total. The summed E-state index contributed by atoms with van der Waals surface area (Å²) in [5, 5.41) is 8.27. The predicted molar refractivity (Wildman–Crippen MR) is 76.0 cm³/mol. The first-order valence-corrected chi connectivity index (χ1v) is 7.48. The third kappa shape index (κ3) is 3.13. The SMILES string of the molecule is CCn1cc(CC(C)c2ccc(SC)cc2)nn1. The first-order valence-electron chi connectivity index (χ1n) is 6.26. The maximum atomic E-state index is 4.20. The summed E-state index contributed by atoms with van der Waals surface area (Å²) in [7, 11) is 0. The lowest BCUT2D eigenvalue weighted by molar-refractivity contribution is 0.626. The summed E-state index contributed by atoms with van der Waals surface area (Å²) in [6.07, 6.45) is 5.08. The van der Waals surface area contributed by atoms with Gasteiger partial charge in [-0.15, -0.1) is 16.9 Å². The summed E-state index contributed by atoms with van der Waals surface area (Å²) in [6, 6.07) is 8.78. The van der Waals surface area contributed by atoms with Crippen LogP contribution >= 0.6 is 11.8 Å². The van der Waals surface area contributed by atoms with Crippen LogP contribution < -0.4 is 0 Å². The zero-order chi connectivity index (χ0) is 13.0. The highest BCUT2D eigenvalue weighted by Crippen LogP contribution is 2.22. The van der Waals surface area contributed by atoms with E-state index in [2.05, 4.69) is 54.7 Å². The van der Waals surface area contributed by atoms with Crippen LogP contribution in [-0.4, -0.2) is 21.2 Å². The van der Waals surface area contributed by atoms with Crippen molar-refractivity contribution in [3.05, 3.63) is 41.7 Å². The Labute approximate surface area is 113 Å². The van der Waals surface area contributed by atoms with Crippen LogP contribution in [0.2, 0.25) is 0 Å². The van der Waals surface area contributed by atoms with Gasteiger partial charge in [-0.1, -0.05) is 24.3 Å². The number of aromatic nitrogens is 3. The Morgan fingerprint density at radius 3 is 2.56 bits per heavy atom. The molecule has 2 rings (SSSR count). The van der Waals surface area contributed by atoms with Gasteiger partial charge in [0.25, 0.3) is 0 Å². The molecule has 2 aromatic rings. The van der Waals surface area contributed by atoms with Crippen molar-refractivity contribution in [2.75, 3.05) is 6.26 Å². The van der Waals surface area contributed by atoms with Crippen LogP contribution in [0, 0.1) is 0 Å². The fourth-order valence-electron chi connectivity index (χ4n) is 1.95. The largest absolute Gasteiger partial charge is 0.253 e. The van der Waals surface area contributed by atoms with Crippen LogP contribution in [0.1, 0.15) is 31.0 Å². The Morgan fingerprint density at radius 2 is 2.00 bits per heavy atom. The zero-order valence-corrected chi connectivity index (χ0v) is 11.9. The van der Waals surface area contributed by atoms with E-state index in [9.17, 15) is 0 Å². The predicted octanol–water partition coefficient (Wildman–Crippen LogP) is 3.37. The smallest absolute Gasteiger partial charge is 0.0833 e. The van der Waals surface area contributed by atoms with Crippen molar-refractivity contribution in [2.45, 2.75) is 37.6 Å². The lowest BCUT2D eigenvalue weighted by atomic mass is 9.97. The second kappa shape index (κ2) is 6.05. The summed E-state index contributed by atoms with van der Waals surface area (Å²) in [5.41, 5.74) is 2.43. The van der Waals surface area contributed by atoms with E-state index in [1.807, 2.05) is 10.9 Å². The molecular formula is C14H19N3S. The molecule has 0 saturated carbocycles. The van der Waals surface area contributed by atoms with Gasteiger partial charge in [-0.2, -0.15) is 0 Å². The molecule has 1 aromatic carbocycles. The Balaban J connectivity index is 2.03. The van der Waals surface area contributed by atoms with Gasteiger partial charge in [0, 0.05) is 17.6 Å². The van der Waals surface area contributed by atoms with Crippen molar-refractivity contribution in [1.29, 1.82) is 0 Å². The van der Waals surface area contributed by atoms with E-state index in [0.717, 1.165) is 18.7 Å². The van der Waals surface area contributed by atoms with Gasteiger partial charge in [-0.05, 0) is 43.2 Å². The summed E-state index contributed by atoms with van der Waals surface area (Å²) >= 11 is 1.77. The number of benzene rings is 1. The van der Waals surface area contributed by atoms with Crippen molar-refractivity contribution in [3.8, 4) is 0 Å². The first-order chi connectivity index (χ1) is 8.72. The normalized spacial score (nSPS) is 12.6. The summed E-state index contributed by atoms with van der Waals surface area (Å²) in [6.45, 7) is 5.19. The molecule has 1 unspecified atom stereocenters. The van der Waals surface area contributed by atoms with Crippen LogP contribution in [0.5, 0.6) is 0 Å². The first kappa shape index (κ1) is 13.1. The molecule has 0 radical (unpaired) electrons. The number of hydrogen-bond donors (Lipinski definition) is 0. The third-order valence-electron chi connectivity index (χ3n) is 3.11. The van der Waals surface area contributed by atoms with Crippen molar-refractivity contribution in [2.24, 2.45) is 0 Å². The van der Waals surface area contributed by atoms with Crippen LogP contribution in [-0.2, 0) is 13.0 Å². The van der Waals surface area contributed by atoms with Crippen molar-refractivity contribution in [1.82, 2.24) is 15.0 Å². The summed E-state index contributed by atoms with van der Waals surface area (Å²) in [5.74, 6) is 0.475. The molecule has 0 amide bonds. The quantitative estimate of drug-likeness (QED) is 0.773. The summed E-state index contributed by atoms with van der Waals surface area (Å²) < 4.78 is 1.87. The topological polar surface area (TPSA) is 30.7 Å². The number of hydrogen-bond acceptors (Lipinski definition) is 3. The van der Waals surface area contributed by atoms with Gasteiger partial charge >= 0.3 is 0 Å². The van der Waals surface area contributed by atoms with Gasteiger partial charge in [-0.3, -0.25) is 4.68 Å². The van der Waals surface area contributed by atoms with Gasteiger partial charge in [0.05, 0.1) is 5.69 Å². The van der Waals surface area contributed by atoms with Crippen molar-refractivity contribution in [3.63, 3.8) is 0 Å². The highest BCUT2D eigenvalue weighted by Gasteiger charge is 2.09. The van der Waals surface area contributed by atoms with Crippen LogP contribution in [0.3, 0.4) is 0 Å². The molecule has 0 aliphatic carbocycles. The fraction of sp³-hybridized carbons (Fsp3) is 0.429. The third-order valence-corrected chi connectivity index (χ3v) is 3.85. The molecule has 0 spiro atoms. The van der Waals surface area contributed by atoms with E-state index >= 15 is 0 Å². The second-order valence-electron chi connectivity index (χ2n) is 4.44. The van der Waals surface area contributed by atoms with Crippen molar-refractivity contribution < 1.29 is 0 Å². The minimum Gasteiger partial charge on any atom is -0.253 e. The van der Waals surface area contributed by atoms with Gasteiger partial charge in [-0.25, -0.2) is 0 Å². The minimum atomic E-state index is 0.475. The Hall–Kier alpha value is -1.29. The monoisotopic (exact) mass is 261 g/mol. The molecule has 1 atom stereocenters. The molecule has 0 fully saturated rings. The average Bonchev–Trinajstić information content (AvgIpc) is 2.86. The molecule has 1 aromatic heterocycles. The Kier molecular flexibility index (Phi) is 4.42. The zero-order valence-electron chi connectivity index (χ0n) is 11.1. The molecule has 0 aliphatic heterocycles. The van der Waals surface area contributed by atoms with Gasteiger partial charge in [0.2, 0.25) is 0 Å².